The van der Waals surface area contributed by atoms with Gasteiger partial charge in [-0.2, -0.15) is 5.10 Å². The molecular weight excluding hydrogens is 521 g/mol. The molecule has 1 fully saturated rings. The molecule has 0 saturated carbocycles. The van der Waals surface area contributed by atoms with E-state index in [4.69, 9.17) is 4.74 Å². The number of carbonyl (C=O) groups excluding carboxylic acids is 1. The zero-order chi connectivity index (χ0) is 21.6. The second kappa shape index (κ2) is 11.6. The Morgan fingerprint density at radius 1 is 1.25 bits per heavy atom. The fraction of sp³-hybridized carbons (Fsp3) is 0.545. The summed E-state index contributed by atoms with van der Waals surface area (Å²) in [5, 5.41) is 11.4. The van der Waals surface area contributed by atoms with E-state index in [-0.39, 0.29) is 35.9 Å². The Labute approximate surface area is 206 Å². The Kier molecular flexibility index (Phi) is 8.85. The average Bonchev–Trinajstić information content (AvgIpc) is 3.19. The van der Waals surface area contributed by atoms with Gasteiger partial charge in [0, 0.05) is 51.8 Å². The fourth-order valence-corrected chi connectivity index (χ4v) is 4.12. The summed E-state index contributed by atoms with van der Waals surface area (Å²) in [5.74, 6) is 2.73. The van der Waals surface area contributed by atoms with Crippen molar-refractivity contribution in [1.29, 1.82) is 0 Å². The van der Waals surface area contributed by atoms with Gasteiger partial charge in [-0.05, 0) is 37.0 Å². The normalized spacial score (nSPS) is 18.7. The number of fused-ring (bicyclic) bond motifs is 1. The second-order valence-electron chi connectivity index (χ2n) is 8.03. The molecule has 9 nitrogen and oxygen atoms in total. The molecule has 1 amide bonds. The van der Waals surface area contributed by atoms with Crippen molar-refractivity contribution in [3.8, 4) is 0 Å². The summed E-state index contributed by atoms with van der Waals surface area (Å²) < 4.78 is 7.09. The number of aliphatic imine (C=N–C) groups is 1. The lowest BCUT2D eigenvalue weighted by Crippen LogP contribution is -2.46. The van der Waals surface area contributed by atoms with Gasteiger partial charge in [0.25, 0.3) is 0 Å². The zero-order valence-electron chi connectivity index (χ0n) is 18.7. The molecule has 3 heterocycles. The van der Waals surface area contributed by atoms with Crippen LogP contribution in [0.1, 0.15) is 42.9 Å². The molecule has 2 aliphatic heterocycles. The lowest BCUT2D eigenvalue weighted by molar-refractivity contribution is -0.119. The summed E-state index contributed by atoms with van der Waals surface area (Å²) >= 11 is 0. The first-order valence-corrected chi connectivity index (χ1v) is 10.9. The number of carbonyl (C=O) groups is 1. The molecule has 1 aromatic carbocycles. The molecule has 1 aromatic heterocycles. The first-order valence-electron chi connectivity index (χ1n) is 10.9. The van der Waals surface area contributed by atoms with Gasteiger partial charge in [-0.3, -0.25) is 9.79 Å². The molecule has 0 spiro atoms. The Bertz CT molecular complexity index is 929. The van der Waals surface area contributed by atoms with Crippen LogP contribution in [0.2, 0.25) is 0 Å². The van der Waals surface area contributed by atoms with E-state index in [2.05, 4.69) is 37.8 Å². The highest BCUT2D eigenvalue weighted by Gasteiger charge is 2.22. The molecule has 2 N–H and O–H groups in total. The van der Waals surface area contributed by atoms with Gasteiger partial charge in [-0.15, -0.1) is 24.0 Å². The largest absolute Gasteiger partial charge is 0.377 e. The molecule has 4 rings (SSSR count). The lowest BCUT2D eigenvalue weighted by Gasteiger charge is -2.27. The van der Waals surface area contributed by atoms with Gasteiger partial charge >= 0.3 is 0 Å². The van der Waals surface area contributed by atoms with E-state index in [1.165, 1.54) is 0 Å². The maximum absolute atomic E-state index is 12.1. The van der Waals surface area contributed by atoms with Crippen LogP contribution < -0.4 is 15.5 Å². The SMILES string of the molecule is CN=C(NCc1ccc(N2CCCCC2=O)cc1)NC1CCc2nc(COC)nn2C1.I. The van der Waals surface area contributed by atoms with Crippen molar-refractivity contribution in [2.75, 3.05) is 25.6 Å². The van der Waals surface area contributed by atoms with Crippen LogP contribution >= 0.6 is 24.0 Å². The smallest absolute Gasteiger partial charge is 0.226 e. The molecule has 1 unspecified atom stereocenters. The van der Waals surface area contributed by atoms with Crippen LogP contribution in [-0.4, -0.2) is 53.4 Å². The van der Waals surface area contributed by atoms with Crippen molar-refractivity contribution in [1.82, 2.24) is 25.4 Å². The first-order chi connectivity index (χ1) is 15.2. The molecular formula is C22H32IN7O2. The molecule has 1 atom stereocenters. The number of piperidine rings is 1. The summed E-state index contributed by atoms with van der Waals surface area (Å²) in [6.45, 7) is 2.67. The van der Waals surface area contributed by atoms with Crippen LogP contribution in [-0.2, 0) is 35.6 Å². The number of nitrogens with zero attached hydrogens (tertiary/aromatic N) is 5. The molecule has 174 valence electrons. The highest BCUT2D eigenvalue weighted by atomic mass is 127. The minimum absolute atomic E-state index is 0. The average molecular weight is 553 g/mol. The van der Waals surface area contributed by atoms with E-state index in [1.807, 2.05) is 21.7 Å². The number of aromatic nitrogens is 3. The van der Waals surface area contributed by atoms with Crippen LogP contribution in [0.15, 0.2) is 29.3 Å². The van der Waals surface area contributed by atoms with Crippen molar-refractivity contribution in [2.24, 2.45) is 4.99 Å². The number of rotatable bonds is 6. The molecule has 10 heteroatoms. The molecule has 32 heavy (non-hydrogen) atoms. The van der Waals surface area contributed by atoms with Crippen molar-refractivity contribution in [3.63, 3.8) is 0 Å². The topological polar surface area (TPSA) is 96.7 Å². The van der Waals surface area contributed by atoms with Gasteiger partial charge in [-0.1, -0.05) is 12.1 Å². The van der Waals surface area contributed by atoms with Gasteiger partial charge in [-0.25, -0.2) is 9.67 Å². The van der Waals surface area contributed by atoms with Crippen molar-refractivity contribution in [3.05, 3.63) is 41.5 Å². The van der Waals surface area contributed by atoms with E-state index >= 15 is 0 Å². The monoisotopic (exact) mass is 553 g/mol. The first kappa shape index (κ1) is 24.4. The number of nitrogens with one attached hydrogen (secondary N) is 2. The van der Waals surface area contributed by atoms with Gasteiger partial charge < -0.3 is 20.3 Å². The highest BCUT2D eigenvalue weighted by molar-refractivity contribution is 14.0. The third-order valence-electron chi connectivity index (χ3n) is 5.77. The molecule has 1 saturated heterocycles. The standard InChI is InChI=1S/C22H31N7O2.HI/c1-23-22(25-17-8-11-20-26-19(15-31-2)27-29(20)14-17)24-13-16-6-9-18(10-7-16)28-12-4-3-5-21(28)30;/h6-7,9-10,17H,3-5,8,11-15H2,1-2H3,(H2,23,24,25);1H. The number of hydrogen-bond donors (Lipinski definition) is 2. The van der Waals surface area contributed by atoms with E-state index in [1.54, 1.807) is 14.2 Å². The minimum atomic E-state index is 0. The van der Waals surface area contributed by atoms with Crippen LogP contribution in [0.25, 0.3) is 0 Å². The Morgan fingerprint density at radius 3 is 2.78 bits per heavy atom. The summed E-state index contributed by atoms with van der Waals surface area (Å²) in [6.07, 6.45) is 4.57. The second-order valence-corrected chi connectivity index (χ2v) is 8.03. The summed E-state index contributed by atoms with van der Waals surface area (Å²) in [7, 11) is 3.43. The quantitative estimate of drug-likeness (QED) is 0.324. The summed E-state index contributed by atoms with van der Waals surface area (Å²) in [5.41, 5.74) is 2.12. The molecule has 2 aliphatic rings. The highest BCUT2D eigenvalue weighted by Crippen LogP contribution is 2.21. The van der Waals surface area contributed by atoms with Gasteiger partial charge in [0.05, 0.1) is 6.54 Å². The Hall–Kier alpha value is -2.21. The number of guanidine groups is 1. The third kappa shape index (κ3) is 5.97. The zero-order valence-corrected chi connectivity index (χ0v) is 21.0. The van der Waals surface area contributed by atoms with Gasteiger partial charge in [0.1, 0.15) is 12.4 Å². The fourth-order valence-electron chi connectivity index (χ4n) is 4.12. The Morgan fingerprint density at radius 2 is 2.06 bits per heavy atom. The number of hydrogen-bond acceptors (Lipinski definition) is 5. The number of benzene rings is 1. The van der Waals surface area contributed by atoms with Crippen LogP contribution in [0.4, 0.5) is 5.69 Å². The number of ether oxygens (including phenoxy) is 1. The number of halogens is 1. The van der Waals surface area contributed by atoms with Gasteiger partial charge in [0.2, 0.25) is 5.91 Å². The van der Waals surface area contributed by atoms with E-state index in [0.29, 0.717) is 19.6 Å². The predicted octanol–water partition coefficient (Wildman–Crippen LogP) is 2.24. The summed E-state index contributed by atoms with van der Waals surface area (Å²) in [6, 6.07) is 8.43. The molecule has 0 aliphatic carbocycles. The predicted molar refractivity (Wildman–Crippen MR) is 134 cm³/mol. The maximum Gasteiger partial charge on any atom is 0.226 e. The number of methoxy groups -OCH3 is 1. The molecule has 2 aromatic rings. The van der Waals surface area contributed by atoms with Crippen LogP contribution in [0, 0.1) is 0 Å². The van der Waals surface area contributed by atoms with Crippen LogP contribution in [0.3, 0.4) is 0 Å². The van der Waals surface area contributed by atoms with E-state index in [9.17, 15) is 4.79 Å². The van der Waals surface area contributed by atoms with Crippen molar-refractivity contribution in [2.45, 2.75) is 57.8 Å². The Balaban J connectivity index is 0.00000289. The maximum atomic E-state index is 12.1. The lowest BCUT2D eigenvalue weighted by atomic mass is 10.1. The third-order valence-corrected chi connectivity index (χ3v) is 5.77. The molecule has 0 bridgehead atoms. The number of aryl methyl sites for hydroxylation is 1. The number of anilines is 1. The van der Waals surface area contributed by atoms with Crippen molar-refractivity contribution >= 4 is 41.5 Å². The van der Waals surface area contributed by atoms with Gasteiger partial charge in [0.15, 0.2) is 11.8 Å². The minimum Gasteiger partial charge on any atom is -0.377 e. The van der Waals surface area contributed by atoms with Crippen molar-refractivity contribution < 1.29 is 9.53 Å². The van der Waals surface area contributed by atoms with Crippen LogP contribution in [0.5, 0.6) is 0 Å². The summed E-state index contributed by atoms with van der Waals surface area (Å²) in [4.78, 5) is 22.9. The van der Waals surface area contributed by atoms with E-state index in [0.717, 1.165) is 67.6 Å². The van der Waals surface area contributed by atoms with E-state index < -0.39 is 0 Å². The number of amides is 1. The molecule has 0 radical (unpaired) electrons.